The number of hydrogen-bond donors (Lipinski definition) is 0. The van der Waals surface area contributed by atoms with Gasteiger partial charge in [-0.25, -0.2) is 0 Å². The molecule has 0 saturated carbocycles. The van der Waals surface area contributed by atoms with Crippen LogP contribution in [0.3, 0.4) is 0 Å². The number of rotatable bonds is 2. The fourth-order valence-corrected chi connectivity index (χ4v) is 2.77. The highest BCUT2D eigenvalue weighted by Crippen LogP contribution is 2.30. The second-order valence-electron chi connectivity index (χ2n) is 4.46. The lowest BCUT2D eigenvalue weighted by molar-refractivity contribution is 1.03. The molecule has 0 bridgehead atoms. The molecule has 0 N–H and O–H groups in total. The van der Waals surface area contributed by atoms with Gasteiger partial charge in [-0.2, -0.15) is 0 Å². The first-order chi connectivity index (χ1) is 7.70. The summed E-state index contributed by atoms with van der Waals surface area (Å²) in [6.45, 7) is 9.03. The normalized spacial score (nSPS) is 11.0. The largest absolute Gasteiger partial charge is 0.0616 e. The number of benzene rings is 2. The van der Waals surface area contributed by atoms with Gasteiger partial charge >= 0.3 is 0 Å². The third-order valence-electron chi connectivity index (χ3n) is 3.74. The van der Waals surface area contributed by atoms with E-state index in [1.54, 1.807) is 11.1 Å². The van der Waals surface area contributed by atoms with Crippen LogP contribution in [0.15, 0.2) is 24.3 Å². The van der Waals surface area contributed by atoms with Gasteiger partial charge in [-0.05, 0) is 59.7 Å². The second kappa shape index (κ2) is 4.29. The molecule has 2 aromatic carbocycles. The molecule has 2 aromatic rings. The van der Waals surface area contributed by atoms with Crippen molar-refractivity contribution in [3.63, 3.8) is 0 Å². The third kappa shape index (κ3) is 1.53. The molecule has 0 nitrogen and oxygen atoms in total. The zero-order valence-corrected chi connectivity index (χ0v) is 10.7. The summed E-state index contributed by atoms with van der Waals surface area (Å²) in [5.74, 6) is 0. The molecule has 0 spiro atoms. The Morgan fingerprint density at radius 1 is 0.750 bits per heavy atom. The Morgan fingerprint density at radius 2 is 1.31 bits per heavy atom. The Hall–Kier alpha value is -1.30. The second-order valence-corrected chi connectivity index (χ2v) is 4.46. The lowest BCUT2D eigenvalue weighted by Crippen LogP contribution is -1.99. The van der Waals surface area contributed by atoms with Crippen LogP contribution in [-0.2, 0) is 12.8 Å². The molecule has 0 amide bonds. The molecule has 0 heterocycles. The van der Waals surface area contributed by atoms with Gasteiger partial charge in [-0.3, -0.25) is 0 Å². The fraction of sp³-hybridized carbons (Fsp3) is 0.375. The van der Waals surface area contributed by atoms with E-state index in [4.69, 9.17) is 0 Å². The van der Waals surface area contributed by atoms with Crippen LogP contribution in [0.1, 0.15) is 36.1 Å². The van der Waals surface area contributed by atoms with Crippen LogP contribution in [-0.4, -0.2) is 0 Å². The van der Waals surface area contributed by atoms with E-state index in [9.17, 15) is 0 Å². The summed E-state index contributed by atoms with van der Waals surface area (Å²) in [5.41, 5.74) is 6.03. The molecule has 0 aliphatic rings. The average molecular weight is 212 g/mol. The topological polar surface area (TPSA) is 0 Å². The number of aryl methyl sites for hydroxylation is 2. The van der Waals surface area contributed by atoms with Crippen molar-refractivity contribution in [2.24, 2.45) is 0 Å². The Morgan fingerprint density at radius 3 is 1.88 bits per heavy atom. The molecule has 0 fully saturated rings. The maximum Gasteiger partial charge on any atom is -0.0146 e. The molecule has 0 radical (unpaired) electrons. The quantitative estimate of drug-likeness (QED) is 0.683. The first-order valence-electron chi connectivity index (χ1n) is 6.20. The van der Waals surface area contributed by atoms with Crippen LogP contribution >= 0.6 is 0 Å². The predicted octanol–water partition coefficient (Wildman–Crippen LogP) is 4.58. The number of fused-ring (bicyclic) bond motifs is 1. The van der Waals surface area contributed by atoms with Crippen LogP contribution in [0, 0.1) is 13.8 Å². The van der Waals surface area contributed by atoms with Gasteiger partial charge in [0.05, 0.1) is 0 Å². The lowest BCUT2D eigenvalue weighted by atomic mass is 9.88. The van der Waals surface area contributed by atoms with Crippen LogP contribution < -0.4 is 0 Å². The number of hydrogen-bond acceptors (Lipinski definition) is 0. The molecule has 0 aromatic heterocycles. The molecular weight excluding hydrogens is 192 g/mol. The van der Waals surface area contributed by atoms with Crippen LogP contribution in [0.2, 0.25) is 0 Å². The van der Waals surface area contributed by atoms with E-state index < -0.39 is 0 Å². The van der Waals surface area contributed by atoms with Gasteiger partial charge in [0.2, 0.25) is 0 Å². The minimum atomic E-state index is 1.13. The molecule has 0 atom stereocenters. The van der Waals surface area contributed by atoms with Crippen molar-refractivity contribution in [1.29, 1.82) is 0 Å². The van der Waals surface area contributed by atoms with Crippen molar-refractivity contribution in [3.05, 3.63) is 46.5 Å². The fourth-order valence-electron chi connectivity index (χ4n) is 2.77. The highest BCUT2D eigenvalue weighted by molar-refractivity contribution is 5.90. The Bertz CT molecular complexity index is 521. The summed E-state index contributed by atoms with van der Waals surface area (Å²) in [7, 11) is 0. The first-order valence-corrected chi connectivity index (χ1v) is 6.20. The van der Waals surface area contributed by atoms with Gasteiger partial charge in [-0.1, -0.05) is 38.1 Å². The van der Waals surface area contributed by atoms with Gasteiger partial charge in [0.15, 0.2) is 0 Å². The summed E-state index contributed by atoms with van der Waals surface area (Å²) in [6.07, 6.45) is 2.27. The molecule has 0 unspecified atom stereocenters. The monoisotopic (exact) mass is 212 g/mol. The predicted molar refractivity (Wildman–Crippen MR) is 72.2 cm³/mol. The minimum absolute atomic E-state index is 1.13. The molecule has 0 saturated heterocycles. The van der Waals surface area contributed by atoms with E-state index in [0.29, 0.717) is 0 Å². The minimum Gasteiger partial charge on any atom is -0.0616 e. The van der Waals surface area contributed by atoms with Crippen molar-refractivity contribution in [3.8, 4) is 0 Å². The first kappa shape index (κ1) is 11.2. The van der Waals surface area contributed by atoms with Crippen LogP contribution in [0.4, 0.5) is 0 Å². The van der Waals surface area contributed by atoms with E-state index in [1.165, 1.54) is 21.9 Å². The SMILES string of the molecule is CCc1c(C)c(C)c2ccccc2c1CC. The summed E-state index contributed by atoms with van der Waals surface area (Å²) in [6, 6.07) is 8.80. The van der Waals surface area contributed by atoms with Crippen molar-refractivity contribution in [2.75, 3.05) is 0 Å². The van der Waals surface area contributed by atoms with E-state index in [1.807, 2.05) is 0 Å². The molecule has 16 heavy (non-hydrogen) atoms. The molecule has 84 valence electrons. The van der Waals surface area contributed by atoms with Crippen LogP contribution in [0.5, 0.6) is 0 Å². The summed E-state index contributed by atoms with van der Waals surface area (Å²) < 4.78 is 0. The standard InChI is InChI=1S/C16H20/c1-5-13-11(3)12(4)15-9-7-8-10-16(15)14(13)6-2/h7-10H,5-6H2,1-4H3. The highest BCUT2D eigenvalue weighted by Gasteiger charge is 2.11. The van der Waals surface area contributed by atoms with E-state index in [0.717, 1.165) is 12.8 Å². The maximum atomic E-state index is 2.26. The van der Waals surface area contributed by atoms with Crippen molar-refractivity contribution in [1.82, 2.24) is 0 Å². The zero-order valence-electron chi connectivity index (χ0n) is 10.7. The molecule has 0 aliphatic heterocycles. The molecule has 0 heteroatoms. The van der Waals surface area contributed by atoms with E-state index >= 15 is 0 Å². The van der Waals surface area contributed by atoms with E-state index in [2.05, 4.69) is 52.0 Å². The van der Waals surface area contributed by atoms with Crippen molar-refractivity contribution in [2.45, 2.75) is 40.5 Å². The maximum absolute atomic E-state index is 2.26. The highest BCUT2D eigenvalue weighted by atomic mass is 14.2. The Labute approximate surface area is 98.3 Å². The zero-order chi connectivity index (χ0) is 11.7. The lowest BCUT2D eigenvalue weighted by Gasteiger charge is -2.17. The van der Waals surface area contributed by atoms with Crippen molar-refractivity contribution < 1.29 is 0 Å². The smallest absolute Gasteiger partial charge is 0.0146 e. The van der Waals surface area contributed by atoms with Gasteiger partial charge in [0, 0.05) is 0 Å². The molecular formula is C16H20. The Balaban J connectivity index is 2.94. The van der Waals surface area contributed by atoms with Crippen LogP contribution in [0.25, 0.3) is 10.8 Å². The van der Waals surface area contributed by atoms with Gasteiger partial charge in [0.1, 0.15) is 0 Å². The van der Waals surface area contributed by atoms with Gasteiger partial charge in [0.25, 0.3) is 0 Å². The average Bonchev–Trinajstić information content (AvgIpc) is 2.33. The molecule has 2 rings (SSSR count). The third-order valence-corrected chi connectivity index (χ3v) is 3.74. The summed E-state index contributed by atoms with van der Waals surface area (Å²) in [5, 5.41) is 2.87. The van der Waals surface area contributed by atoms with Gasteiger partial charge in [-0.15, -0.1) is 0 Å². The Kier molecular flexibility index (Phi) is 3.00. The van der Waals surface area contributed by atoms with Gasteiger partial charge < -0.3 is 0 Å². The summed E-state index contributed by atoms with van der Waals surface area (Å²) >= 11 is 0. The van der Waals surface area contributed by atoms with E-state index in [-0.39, 0.29) is 0 Å². The van der Waals surface area contributed by atoms with Crippen molar-refractivity contribution >= 4 is 10.8 Å². The summed E-state index contributed by atoms with van der Waals surface area (Å²) in [4.78, 5) is 0. The molecule has 0 aliphatic carbocycles.